The quantitative estimate of drug-likeness (QED) is 0.508. The van der Waals surface area contributed by atoms with Crippen LogP contribution in [0.15, 0.2) is 24.3 Å². The van der Waals surface area contributed by atoms with E-state index in [0.717, 1.165) is 6.42 Å². The summed E-state index contributed by atoms with van der Waals surface area (Å²) in [6, 6.07) is 0. The van der Waals surface area contributed by atoms with Crippen molar-refractivity contribution in [2.75, 3.05) is 0 Å². The number of halogens is 2. The third-order valence-electron chi connectivity index (χ3n) is 0.655. The molecule has 0 unspecified atom stereocenters. The average Bonchev–Trinajstić information content (AvgIpc) is 2.17. The molecule has 8 heavy (non-hydrogen) atoms. The molecule has 0 heterocycles. The van der Waals surface area contributed by atoms with E-state index < -0.39 is 17.0 Å². The second-order valence-electron chi connectivity index (χ2n) is 1.16. The normalized spacial score (nSPS) is 12.8. The Balaban J connectivity index is 0.000000145. The SMILES string of the molecule is C1=CCC=C1.[Cl][Ti][Cl]. The van der Waals surface area contributed by atoms with Gasteiger partial charge in [-0.25, -0.2) is 0 Å². The first-order valence-corrected chi connectivity index (χ1v) is 6.49. The molecule has 1 rings (SSSR count). The zero-order valence-electron chi connectivity index (χ0n) is 4.27. The molecular weight excluding hydrogens is 179 g/mol. The standard InChI is InChI=1S/C5H6.2ClH.Ti/c1-2-4-5-3-1;;;/h1-4H,5H2;2*1H;/q;;;+2/p-2. The summed E-state index contributed by atoms with van der Waals surface area (Å²) in [6.45, 7) is 0. The summed E-state index contributed by atoms with van der Waals surface area (Å²) in [7, 11) is 9.78. The molecule has 0 saturated heterocycles. The van der Waals surface area contributed by atoms with E-state index in [1.54, 1.807) is 0 Å². The van der Waals surface area contributed by atoms with Gasteiger partial charge in [0.2, 0.25) is 0 Å². The van der Waals surface area contributed by atoms with Crippen LogP contribution in [0.1, 0.15) is 6.42 Å². The summed E-state index contributed by atoms with van der Waals surface area (Å²) in [5.74, 6) is 0. The van der Waals surface area contributed by atoms with Gasteiger partial charge >= 0.3 is 35.6 Å². The fourth-order valence-electron chi connectivity index (χ4n) is 0.393. The molecule has 0 aliphatic heterocycles. The molecule has 0 atom stereocenters. The van der Waals surface area contributed by atoms with Crippen LogP contribution >= 0.6 is 18.6 Å². The Morgan fingerprint density at radius 2 is 1.50 bits per heavy atom. The van der Waals surface area contributed by atoms with Gasteiger partial charge in [-0.2, -0.15) is 0 Å². The van der Waals surface area contributed by atoms with Crippen molar-refractivity contribution in [1.82, 2.24) is 0 Å². The van der Waals surface area contributed by atoms with E-state index in [1.165, 1.54) is 0 Å². The van der Waals surface area contributed by atoms with Gasteiger partial charge in [-0.3, -0.25) is 0 Å². The molecule has 0 fully saturated rings. The zero-order chi connectivity index (χ0) is 6.24. The van der Waals surface area contributed by atoms with Crippen LogP contribution in [0.5, 0.6) is 0 Å². The summed E-state index contributed by atoms with van der Waals surface area (Å²) >= 11 is -0.556. The zero-order valence-corrected chi connectivity index (χ0v) is 7.35. The van der Waals surface area contributed by atoms with Crippen molar-refractivity contribution in [2.45, 2.75) is 6.42 Å². The third kappa shape index (κ3) is 6.77. The van der Waals surface area contributed by atoms with Gasteiger partial charge in [-0.1, -0.05) is 24.3 Å². The number of rotatable bonds is 0. The molecule has 0 saturated carbocycles. The first-order chi connectivity index (χ1) is 3.91. The molecule has 1 aliphatic rings. The van der Waals surface area contributed by atoms with Crippen molar-refractivity contribution in [3.8, 4) is 0 Å². The maximum absolute atomic E-state index is 4.89. The van der Waals surface area contributed by atoms with E-state index in [-0.39, 0.29) is 0 Å². The van der Waals surface area contributed by atoms with E-state index in [0.29, 0.717) is 0 Å². The molecule has 0 amide bonds. The van der Waals surface area contributed by atoms with Crippen LogP contribution < -0.4 is 0 Å². The van der Waals surface area contributed by atoms with Crippen molar-refractivity contribution in [1.29, 1.82) is 0 Å². The monoisotopic (exact) mass is 184 g/mol. The number of hydrogen-bond acceptors (Lipinski definition) is 0. The molecule has 0 nitrogen and oxygen atoms in total. The van der Waals surface area contributed by atoms with E-state index in [4.69, 9.17) is 18.6 Å². The van der Waals surface area contributed by atoms with Gasteiger partial charge in [0.15, 0.2) is 0 Å². The Bertz CT molecular complexity index is 78.4. The Hall–Kier alpha value is 0.774. The van der Waals surface area contributed by atoms with Crippen molar-refractivity contribution in [3.05, 3.63) is 24.3 Å². The predicted octanol–water partition coefficient (Wildman–Crippen LogP) is 2.88. The van der Waals surface area contributed by atoms with Crippen molar-refractivity contribution >= 4 is 18.6 Å². The molecule has 3 heteroatoms. The van der Waals surface area contributed by atoms with Gasteiger partial charge in [0, 0.05) is 0 Å². The molecule has 0 bridgehead atoms. The van der Waals surface area contributed by atoms with Crippen LogP contribution in [0.2, 0.25) is 0 Å². The first-order valence-electron chi connectivity index (χ1n) is 2.19. The van der Waals surface area contributed by atoms with Crippen LogP contribution in [0.3, 0.4) is 0 Å². The average molecular weight is 185 g/mol. The molecule has 0 aromatic heterocycles. The fraction of sp³-hybridized carbons (Fsp3) is 0.200. The summed E-state index contributed by atoms with van der Waals surface area (Å²) in [5, 5.41) is 0. The van der Waals surface area contributed by atoms with Crippen LogP contribution in [-0.4, -0.2) is 0 Å². The summed E-state index contributed by atoms with van der Waals surface area (Å²) in [4.78, 5) is 0. The minimum absolute atomic E-state index is 0.556. The molecule has 44 valence electrons. The van der Waals surface area contributed by atoms with E-state index in [1.807, 2.05) is 0 Å². The molecule has 0 radical (unpaired) electrons. The van der Waals surface area contributed by atoms with Crippen molar-refractivity contribution < 1.29 is 17.0 Å². The van der Waals surface area contributed by atoms with Crippen LogP contribution in [0.4, 0.5) is 0 Å². The van der Waals surface area contributed by atoms with Crippen LogP contribution in [0.25, 0.3) is 0 Å². The Morgan fingerprint density at radius 1 is 1.12 bits per heavy atom. The first kappa shape index (κ1) is 8.77. The number of hydrogen-bond donors (Lipinski definition) is 0. The third-order valence-corrected chi connectivity index (χ3v) is 0.655. The molecular formula is C5H6Cl2Ti. The summed E-state index contributed by atoms with van der Waals surface area (Å²) < 4.78 is 0. The predicted molar refractivity (Wildman–Crippen MR) is 34.6 cm³/mol. The second kappa shape index (κ2) is 7.77. The Labute approximate surface area is 66.2 Å². The van der Waals surface area contributed by atoms with Gasteiger partial charge in [0.05, 0.1) is 0 Å². The summed E-state index contributed by atoms with van der Waals surface area (Å²) in [5.41, 5.74) is 0. The fourth-order valence-corrected chi connectivity index (χ4v) is 0.393. The van der Waals surface area contributed by atoms with E-state index in [2.05, 4.69) is 24.3 Å². The molecule has 0 aromatic carbocycles. The molecule has 0 N–H and O–H groups in total. The van der Waals surface area contributed by atoms with E-state index >= 15 is 0 Å². The Morgan fingerprint density at radius 3 is 1.62 bits per heavy atom. The summed E-state index contributed by atoms with van der Waals surface area (Å²) in [6.07, 6.45) is 9.50. The van der Waals surface area contributed by atoms with E-state index in [9.17, 15) is 0 Å². The van der Waals surface area contributed by atoms with Crippen LogP contribution in [0, 0.1) is 0 Å². The van der Waals surface area contributed by atoms with Crippen LogP contribution in [-0.2, 0) is 17.0 Å². The van der Waals surface area contributed by atoms with Gasteiger partial charge < -0.3 is 0 Å². The van der Waals surface area contributed by atoms with Gasteiger partial charge in [0.1, 0.15) is 0 Å². The van der Waals surface area contributed by atoms with Crippen molar-refractivity contribution in [2.24, 2.45) is 0 Å². The van der Waals surface area contributed by atoms with Crippen molar-refractivity contribution in [3.63, 3.8) is 0 Å². The molecule has 0 aromatic rings. The number of allylic oxidation sites excluding steroid dienone is 4. The minimum atomic E-state index is -0.556. The topological polar surface area (TPSA) is 0 Å². The van der Waals surface area contributed by atoms with Gasteiger partial charge in [0.25, 0.3) is 0 Å². The second-order valence-corrected chi connectivity index (χ2v) is 3.74. The Kier molecular flexibility index (Phi) is 8.53. The molecule has 1 aliphatic carbocycles. The van der Waals surface area contributed by atoms with Gasteiger partial charge in [-0.15, -0.1) is 0 Å². The maximum atomic E-state index is 4.89. The van der Waals surface area contributed by atoms with Gasteiger partial charge in [-0.05, 0) is 6.42 Å². The molecule has 0 spiro atoms.